The summed E-state index contributed by atoms with van der Waals surface area (Å²) in [5, 5.41) is 11.6. The molecule has 0 atom stereocenters. The lowest BCUT2D eigenvalue weighted by molar-refractivity contribution is -0.113. The zero-order valence-corrected chi connectivity index (χ0v) is 17.7. The molecule has 0 unspecified atom stereocenters. The van der Waals surface area contributed by atoms with Crippen LogP contribution in [0.2, 0.25) is 0 Å². The molecule has 1 aromatic carbocycles. The number of aromatic nitrogens is 3. The second-order valence-electron chi connectivity index (χ2n) is 6.05. The SMILES string of the molecule is Cc1ccc(NC(=O)CSc2nnc(-c3ccco3)c(-c3ccco3)n2)cc1Br. The van der Waals surface area contributed by atoms with Gasteiger partial charge in [-0.3, -0.25) is 4.79 Å². The first-order valence-corrected chi connectivity index (χ1v) is 10.4. The third-order valence-electron chi connectivity index (χ3n) is 3.96. The van der Waals surface area contributed by atoms with Gasteiger partial charge >= 0.3 is 0 Å². The van der Waals surface area contributed by atoms with Crippen molar-refractivity contribution in [3.8, 4) is 22.9 Å². The molecule has 146 valence electrons. The summed E-state index contributed by atoms with van der Waals surface area (Å²) in [7, 11) is 0. The molecule has 0 aliphatic rings. The van der Waals surface area contributed by atoms with Gasteiger partial charge in [0.1, 0.15) is 5.69 Å². The van der Waals surface area contributed by atoms with E-state index < -0.39 is 0 Å². The van der Waals surface area contributed by atoms with Crippen molar-refractivity contribution in [2.24, 2.45) is 0 Å². The highest BCUT2D eigenvalue weighted by atomic mass is 79.9. The maximum absolute atomic E-state index is 12.3. The molecule has 0 radical (unpaired) electrons. The summed E-state index contributed by atoms with van der Waals surface area (Å²) < 4.78 is 11.8. The number of benzene rings is 1. The summed E-state index contributed by atoms with van der Waals surface area (Å²) in [5.41, 5.74) is 2.80. The highest BCUT2D eigenvalue weighted by Gasteiger charge is 2.18. The van der Waals surface area contributed by atoms with Gasteiger partial charge in [-0.1, -0.05) is 33.8 Å². The average Bonchev–Trinajstić information content (AvgIpc) is 3.43. The molecule has 0 spiro atoms. The highest BCUT2D eigenvalue weighted by molar-refractivity contribution is 9.10. The molecule has 0 saturated heterocycles. The number of anilines is 1. The van der Waals surface area contributed by atoms with Gasteiger partial charge in [0.25, 0.3) is 0 Å². The number of amides is 1. The number of carbonyl (C=O) groups excluding carboxylic acids is 1. The van der Waals surface area contributed by atoms with Crippen molar-refractivity contribution in [2.45, 2.75) is 12.1 Å². The fourth-order valence-electron chi connectivity index (χ4n) is 2.53. The Morgan fingerprint density at radius 3 is 2.45 bits per heavy atom. The van der Waals surface area contributed by atoms with E-state index in [4.69, 9.17) is 8.83 Å². The molecule has 1 N–H and O–H groups in total. The molecule has 3 heterocycles. The molecule has 3 aromatic heterocycles. The van der Waals surface area contributed by atoms with Crippen molar-refractivity contribution >= 4 is 39.3 Å². The Hall–Kier alpha value is -2.91. The number of carbonyl (C=O) groups is 1. The molecule has 29 heavy (non-hydrogen) atoms. The number of hydrogen-bond acceptors (Lipinski definition) is 7. The van der Waals surface area contributed by atoms with Crippen LogP contribution in [0.4, 0.5) is 5.69 Å². The van der Waals surface area contributed by atoms with Crippen molar-refractivity contribution in [1.29, 1.82) is 0 Å². The first-order valence-electron chi connectivity index (χ1n) is 8.61. The summed E-state index contributed by atoms with van der Waals surface area (Å²) in [5.74, 6) is 1.06. The fraction of sp³-hybridized carbons (Fsp3) is 0.100. The summed E-state index contributed by atoms with van der Waals surface area (Å²) in [6.45, 7) is 1.98. The summed E-state index contributed by atoms with van der Waals surface area (Å²) in [6, 6.07) is 12.7. The predicted octanol–water partition coefficient (Wildman–Crippen LogP) is 5.19. The molecular formula is C20H15BrN4O3S. The van der Waals surface area contributed by atoms with Crippen molar-refractivity contribution in [2.75, 3.05) is 11.1 Å². The molecule has 9 heteroatoms. The summed E-state index contributed by atoms with van der Waals surface area (Å²) in [6.07, 6.45) is 3.11. The molecule has 0 saturated carbocycles. The lowest BCUT2D eigenvalue weighted by Crippen LogP contribution is -2.14. The first-order chi connectivity index (χ1) is 14.1. The number of halogens is 1. The standard InChI is InChI=1S/C20H15BrN4O3S/c1-12-6-7-13(10-14(12)21)22-17(26)11-29-20-23-18(15-4-2-8-27-15)19(24-25-20)16-5-3-9-28-16/h2-10H,11H2,1H3,(H,22,26). The average molecular weight is 471 g/mol. The molecule has 0 fully saturated rings. The first kappa shape index (κ1) is 19.4. The van der Waals surface area contributed by atoms with Gasteiger partial charge in [0.2, 0.25) is 11.1 Å². The van der Waals surface area contributed by atoms with Gasteiger partial charge in [0, 0.05) is 10.2 Å². The molecule has 7 nitrogen and oxygen atoms in total. The van der Waals surface area contributed by atoms with Gasteiger partial charge in [-0.05, 0) is 48.9 Å². The number of hydrogen-bond donors (Lipinski definition) is 1. The smallest absolute Gasteiger partial charge is 0.234 e. The number of thioether (sulfide) groups is 1. The number of nitrogens with one attached hydrogen (secondary N) is 1. The van der Waals surface area contributed by atoms with E-state index in [1.54, 1.807) is 36.8 Å². The second kappa shape index (κ2) is 8.62. The van der Waals surface area contributed by atoms with E-state index in [2.05, 4.69) is 36.4 Å². The Morgan fingerprint density at radius 2 is 1.79 bits per heavy atom. The molecule has 0 aliphatic carbocycles. The van der Waals surface area contributed by atoms with Crippen LogP contribution in [0.3, 0.4) is 0 Å². The minimum Gasteiger partial charge on any atom is -0.463 e. The van der Waals surface area contributed by atoms with Gasteiger partial charge in [-0.25, -0.2) is 4.98 Å². The van der Waals surface area contributed by atoms with Crippen molar-refractivity contribution in [3.63, 3.8) is 0 Å². The van der Waals surface area contributed by atoms with Crippen molar-refractivity contribution in [1.82, 2.24) is 15.2 Å². The Kier molecular flexibility index (Phi) is 5.77. The van der Waals surface area contributed by atoms with Gasteiger partial charge < -0.3 is 14.2 Å². The minimum absolute atomic E-state index is 0.144. The predicted molar refractivity (Wildman–Crippen MR) is 113 cm³/mol. The molecule has 4 rings (SSSR count). The Morgan fingerprint density at radius 1 is 1.07 bits per heavy atom. The number of nitrogens with zero attached hydrogens (tertiary/aromatic N) is 3. The van der Waals surface area contributed by atoms with Crippen LogP contribution in [0.25, 0.3) is 22.9 Å². The van der Waals surface area contributed by atoms with Crippen LogP contribution < -0.4 is 5.32 Å². The molecule has 0 bridgehead atoms. The third kappa shape index (κ3) is 4.57. The van der Waals surface area contributed by atoms with E-state index in [1.165, 1.54) is 11.8 Å². The van der Waals surface area contributed by atoms with Crippen LogP contribution >= 0.6 is 27.7 Å². The fourth-order valence-corrected chi connectivity index (χ4v) is 3.50. The summed E-state index contributed by atoms with van der Waals surface area (Å²) >= 11 is 4.65. The van der Waals surface area contributed by atoms with Gasteiger partial charge in [-0.15, -0.1) is 10.2 Å². The topological polar surface area (TPSA) is 94.1 Å². The normalized spacial score (nSPS) is 10.8. The number of rotatable bonds is 6. The quantitative estimate of drug-likeness (QED) is 0.387. The van der Waals surface area contributed by atoms with E-state index in [0.29, 0.717) is 28.1 Å². The number of furan rings is 2. The zero-order valence-electron chi connectivity index (χ0n) is 15.3. The van der Waals surface area contributed by atoms with E-state index in [9.17, 15) is 4.79 Å². The number of aryl methyl sites for hydroxylation is 1. The Balaban J connectivity index is 1.49. The zero-order chi connectivity index (χ0) is 20.2. The highest BCUT2D eigenvalue weighted by Crippen LogP contribution is 2.30. The largest absolute Gasteiger partial charge is 0.463 e. The molecular weight excluding hydrogens is 456 g/mol. The van der Waals surface area contributed by atoms with Crippen LogP contribution in [0.15, 0.2) is 73.5 Å². The Bertz CT molecular complexity index is 1130. The molecule has 1 amide bonds. The maximum Gasteiger partial charge on any atom is 0.234 e. The lowest BCUT2D eigenvalue weighted by Gasteiger charge is -2.07. The van der Waals surface area contributed by atoms with Crippen molar-refractivity contribution in [3.05, 3.63) is 65.0 Å². The van der Waals surface area contributed by atoms with E-state index >= 15 is 0 Å². The van der Waals surface area contributed by atoms with Crippen LogP contribution in [-0.2, 0) is 4.79 Å². The second-order valence-corrected chi connectivity index (χ2v) is 7.84. The van der Waals surface area contributed by atoms with Crippen LogP contribution in [0, 0.1) is 6.92 Å². The van der Waals surface area contributed by atoms with Gasteiger partial charge in [-0.2, -0.15) is 0 Å². The lowest BCUT2D eigenvalue weighted by atomic mass is 10.2. The van der Waals surface area contributed by atoms with Crippen LogP contribution in [0.5, 0.6) is 0 Å². The molecule has 4 aromatic rings. The summed E-state index contributed by atoms with van der Waals surface area (Å²) in [4.78, 5) is 16.8. The van der Waals surface area contributed by atoms with Crippen molar-refractivity contribution < 1.29 is 13.6 Å². The molecule has 0 aliphatic heterocycles. The van der Waals surface area contributed by atoms with E-state index in [1.807, 2.05) is 25.1 Å². The van der Waals surface area contributed by atoms with Gasteiger partial charge in [0.15, 0.2) is 17.2 Å². The van der Waals surface area contributed by atoms with E-state index in [-0.39, 0.29) is 11.7 Å². The third-order valence-corrected chi connectivity index (χ3v) is 5.66. The van der Waals surface area contributed by atoms with Crippen LogP contribution in [0.1, 0.15) is 5.56 Å². The van der Waals surface area contributed by atoms with Gasteiger partial charge in [0.05, 0.1) is 18.3 Å². The van der Waals surface area contributed by atoms with Crippen LogP contribution in [-0.4, -0.2) is 26.8 Å². The Labute approximate surface area is 179 Å². The minimum atomic E-state index is -0.163. The van der Waals surface area contributed by atoms with E-state index in [0.717, 1.165) is 15.7 Å². The maximum atomic E-state index is 12.3. The monoisotopic (exact) mass is 470 g/mol.